The minimum Gasteiger partial charge on any atom is -0.342 e. The Bertz CT molecular complexity index is 1140. The molecule has 3 rings (SSSR count). The summed E-state index contributed by atoms with van der Waals surface area (Å²) in [6, 6.07) is 10.9. The first kappa shape index (κ1) is 23.1. The van der Waals surface area contributed by atoms with Crippen LogP contribution in [0.15, 0.2) is 48.5 Å². The lowest BCUT2D eigenvalue weighted by molar-refractivity contribution is -0.137. The number of carbonyl (C=O) groups excluding carboxylic acids is 2. The van der Waals surface area contributed by atoms with Gasteiger partial charge in [0.2, 0.25) is 5.82 Å². The van der Waals surface area contributed by atoms with E-state index in [2.05, 4.69) is 10.1 Å². The van der Waals surface area contributed by atoms with Gasteiger partial charge >= 0.3 is 6.18 Å². The molecule has 32 heavy (non-hydrogen) atoms. The Morgan fingerprint density at radius 2 is 1.66 bits per heavy atom. The molecule has 0 fully saturated rings. The topological polar surface area (TPSA) is 71.3 Å². The average molecular weight is 445 g/mol. The molecule has 0 aliphatic rings. The smallest absolute Gasteiger partial charge is 0.342 e. The van der Waals surface area contributed by atoms with Crippen molar-refractivity contribution in [3.8, 4) is 5.69 Å². The summed E-state index contributed by atoms with van der Waals surface area (Å²) in [5.74, 6) is -0.878. The second-order valence-electron chi connectivity index (χ2n) is 7.63. The van der Waals surface area contributed by atoms with Crippen molar-refractivity contribution in [2.45, 2.75) is 12.7 Å². The fourth-order valence-electron chi connectivity index (χ4n) is 3.04. The van der Waals surface area contributed by atoms with Crippen LogP contribution in [0.4, 0.5) is 13.2 Å². The Labute approximate surface area is 183 Å². The van der Waals surface area contributed by atoms with Crippen LogP contribution in [0.3, 0.4) is 0 Å². The molecule has 0 bridgehead atoms. The molecule has 7 nitrogen and oxygen atoms in total. The molecule has 0 saturated carbocycles. The van der Waals surface area contributed by atoms with Gasteiger partial charge in [0.05, 0.1) is 17.8 Å². The highest BCUT2D eigenvalue weighted by atomic mass is 19.4. The molecule has 0 aliphatic carbocycles. The molecule has 1 heterocycles. The predicted molar refractivity (Wildman–Crippen MR) is 112 cm³/mol. The van der Waals surface area contributed by atoms with Crippen molar-refractivity contribution in [1.82, 2.24) is 24.6 Å². The first-order valence-corrected chi connectivity index (χ1v) is 9.62. The van der Waals surface area contributed by atoms with Gasteiger partial charge in [0.15, 0.2) is 5.78 Å². The van der Waals surface area contributed by atoms with E-state index in [1.54, 1.807) is 37.2 Å². The number of rotatable bonds is 6. The second-order valence-corrected chi connectivity index (χ2v) is 7.63. The Kier molecular flexibility index (Phi) is 6.45. The lowest BCUT2D eigenvalue weighted by Gasteiger charge is -2.15. The molecule has 2 aromatic carbocycles. The molecule has 0 radical (unpaired) electrons. The van der Waals surface area contributed by atoms with Gasteiger partial charge in [-0.15, -0.1) is 5.10 Å². The van der Waals surface area contributed by atoms with E-state index < -0.39 is 23.4 Å². The van der Waals surface area contributed by atoms with E-state index in [1.807, 2.05) is 0 Å². The molecule has 0 atom stereocenters. The maximum absolute atomic E-state index is 13.4. The minimum absolute atomic E-state index is 0.106. The molecular weight excluding hydrogens is 423 g/mol. The molecule has 168 valence electrons. The van der Waals surface area contributed by atoms with Crippen LogP contribution < -0.4 is 0 Å². The number of amides is 1. The molecule has 10 heteroatoms. The maximum Gasteiger partial charge on any atom is 0.416 e. The highest BCUT2D eigenvalue weighted by Crippen LogP contribution is 2.32. The molecule has 0 saturated heterocycles. The maximum atomic E-state index is 13.4. The van der Waals surface area contributed by atoms with Crippen molar-refractivity contribution < 1.29 is 22.8 Å². The number of benzene rings is 2. The van der Waals surface area contributed by atoms with Crippen LogP contribution in [0.5, 0.6) is 0 Å². The van der Waals surface area contributed by atoms with Crippen LogP contribution in [-0.4, -0.2) is 64.4 Å². The van der Waals surface area contributed by atoms with Gasteiger partial charge in [-0.05, 0) is 32.3 Å². The summed E-state index contributed by atoms with van der Waals surface area (Å²) in [6.45, 7) is 0.244. The summed E-state index contributed by atoms with van der Waals surface area (Å²) in [6.07, 6.45) is -4.63. The largest absolute Gasteiger partial charge is 0.416 e. The van der Waals surface area contributed by atoms with Gasteiger partial charge in [-0.3, -0.25) is 9.59 Å². The summed E-state index contributed by atoms with van der Waals surface area (Å²) in [5.41, 5.74) is -0.819. The second kappa shape index (κ2) is 8.91. The van der Waals surface area contributed by atoms with Crippen LogP contribution >= 0.6 is 0 Å². The Morgan fingerprint density at radius 1 is 1.00 bits per heavy atom. The molecular formula is C22H22F3N5O2. The average Bonchev–Trinajstić information content (AvgIpc) is 3.14. The van der Waals surface area contributed by atoms with Crippen molar-refractivity contribution in [3.63, 3.8) is 0 Å². The SMILES string of the molecule is CN(C)Cc1nc(C(=O)N(C)C)nn1-c1ccc(C(F)(F)F)cc1C(=O)c1ccccc1. The van der Waals surface area contributed by atoms with Crippen molar-refractivity contribution in [2.75, 3.05) is 28.2 Å². The van der Waals surface area contributed by atoms with E-state index in [0.29, 0.717) is 5.82 Å². The predicted octanol–water partition coefficient (Wildman–Crippen LogP) is 3.28. The molecule has 0 unspecified atom stereocenters. The Hall–Kier alpha value is -3.53. The monoisotopic (exact) mass is 445 g/mol. The van der Waals surface area contributed by atoms with E-state index >= 15 is 0 Å². The summed E-state index contributed by atoms with van der Waals surface area (Å²) >= 11 is 0. The Balaban J connectivity index is 2.25. The lowest BCUT2D eigenvalue weighted by Crippen LogP contribution is -2.23. The number of ketones is 1. The minimum atomic E-state index is -4.63. The highest BCUT2D eigenvalue weighted by Gasteiger charge is 2.33. The standard InChI is InChI=1S/C22H22F3N5O2/c1-28(2)13-18-26-20(21(32)29(3)4)27-30(18)17-11-10-15(22(23,24)25)12-16(17)19(31)14-8-6-5-7-9-14/h5-12H,13H2,1-4H3. The molecule has 0 N–H and O–H groups in total. The summed E-state index contributed by atoms with van der Waals surface area (Å²) < 4.78 is 41.5. The van der Waals surface area contributed by atoms with Gasteiger partial charge in [-0.25, -0.2) is 9.67 Å². The van der Waals surface area contributed by atoms with Gasteiger partial charge in [0, 0.05) is 25.2 Å². The number of nitrogens with zero attached hydrogens (tertiary/aromatic N) is 5. The van der Waals surface area contributed by atoms with Crippen molar-refractivity contribution in [2.24, 2.45) is 0 Å². The number of hydrogen-bond acceptors (Lipinski definition) is 5. The fraction of sp³-hybridized carbons (Fsp3) is 0.273. The quantitative estimate of drug-likeness (QED) is 0.545. The van der Waals surface area contributed by atoms with Crippen LogP contribution in [0, 0.1) is 0 Å². The number of hydrogen-bond donors (Lipinski definition) is 0. The van der Waals surface area contributed by atoms with Gasteiger partial charge in [0.1, 0.15) is 5.82 Å². The zero-order valence-electron chi connectivity index (χ0n) is 18.0. The number of alkyl halides is 3. The fourth-order valence-corrected chi connectivity index (χ4v) is 3.04. The molecule has 0 spiro atoms. The third-order valence-corrected chi connectivity index (χ3v) is 4.56. The van der Waals surface area contributed by atoms with Crippen LogP contribution in [0.1, 0.15) is 37.9 Å². The first-order chi connectivity index (χ1) is 15.0. The molecule has 3 aromatic rings. The van der Waals surface area contributed by atoms with Crippen molar-refractivity contribution >= 4 is 11.7 Å². The third-order valence-electron chi connectivity index (χ3n) is 4.56. The van der Waals surface area contributed by atoms with Crippen LogP contribution in [-0.2, 0) is 12.7 Å². The normalized spacial score (nSPS) is 11.6. The molecule has 1 amide bonds. The summed E-state index contributed by atoms with van der Waals surface area (Å²) in [5, 5.41) is 4.24. The summed E-state index contributed by atoms with van der Waals surface area (Å²) in [7, 11) is 6.62. The van der Waals surface area contributed by atoms with Crippen molar-refractivity contribution in [1.29, 1.82) is 0 Å². The number of aromatic nitrogens is 3. The Morgan fingerprint density at radius 3 is 2.22 bits per heavy atom. The van der Waals surface area contributed by atoms with Crippen LogP contribution in [0.25, 0.3) is 5.69 Å². The van der Waals surface area contributed by atoms with Crippen LogP contribution in [0.2, 0.25) is 0 Å². The first-order valence-electron chi connectivity index (χ1n) is 9.62. The van der Waals surface area contributed by atoms with Gasteiger partial charge < -0.3 is 9.80 Å². The summed E-state index contributed by atoms with van der Waals surface area (Å²) in [4.78, 5) is 32.9. The lowest BCUT2D eigenvalue weighted by atomic mass is 9.99. The van der Waals surface area contributed by atoms with E-state index in [0.717, 1.165) is 12.1 Å². The molecule has 1 aromatic heterocycles. The van der Waals surface area contributed by atoms with E-state index in [9.17, 15) is 22.8 Å². The number of carbonyl (C=O) groups is 2. The highest BCUT2D eigenvalue weighted by molar-refractivity contribution is 6.11. The van der Waals surface area contributed by atoms with E-state index in [1.165, 1.54) is 41.9 Å². The molecule has 0 aliphatic heterocycles. The number of halogens is 3. The van der Waals surface area contributed by atoms with Gasteiger partial charge in [-0.2, -0.15) is 13.2 Å². The van der Waals surface area contributed by atoms with Gasteiger partial charge in [-0.1, -0.05) is 30.3 Å². The van der Waals surface area contributed by atoms with Crippen molar-refractivity contribution in [3.05, 3.63) is 76.9 Å². The van der Waals surface area contributed by atoms with E-state index in [4.69, 9.17) is 0 Å². The van der Waals surface area contributed by atoms with E-state index in [-0.39, 0.29) is 29.2 Å². The van der Waals surface area contributed by atoms with Gasteiger partial charge in [0.25, 0.3) is 5.91 Å². The zero-order valence-corrected chi connectivity index (χ0v) is 18.0. The third kappa shape index (κ3) is 4.86. The zero-order chi connectivity index (χ0) is 23.6.